The number of carbonyl (C=O) groups is 1. The summed E-state index contributed by atoms with van der Waals surface area (Å²) in [6, 6.07) is 9.16. The van der Waals surface area contributed by atoms with Crippen molar-refractivity contribution in [1.82, 2.24) is 4.98 Å². The third kappa shape index (κ3) is 2.67. The van der Waals surface area contributed by atoms with E-state index >= 15 is 0 Å². The van der Waals surface area contributed by atoms with E-state index in [2.05, 4.69) is 4.98 Å². The zero-order valence-electron chi connectivity index (χ0n) is 11.2. The Morgan fingerprint density at radius 3 is 2.64 bits per heavy atom. The van der Waals surface area contributed by atoms with Crippen LogP contribution in [-0.4, -0.2) is 16.1 Å². The first-order valence-electron chi connectivity index (χ1n) is 6.43. The molecule has 1 heterocycles. The number of aromatic nitrogens is 1. The minimum absolute atomic E-state index is 0.238. The second kappa shape index (κ2) is 5.63. The van der Waals surface area contributed by atoms with Gasteiger partial charge in [0.1, 0.15) is 5.82 Å². The molecule has 112 valence electrons. The van der Waals surface area contributed by atoms with Gasteiger partial charge in [0.25, 0.3) is 0 Å². The first-order valence-corrected chi connectivity index (χ1v) is 7.18. The van der Waals surface area contributed by atoms with Gasteiger partial charge in [-0.3, -0.25) is 4.79 Å². The van der Waals surface area contributed by atoms with Crippen LogP contribution in [0.3, 0.4) is 0 Å². The molecule has 0 aliphatic heterocycles. The van der Waals surface area contributed by atoms with Crippen molar-refractivity contribution in [1.29, 1.82) is 0 Å². The number of fused-ring (bicyclic) bond motifs is 1. The van der Waals surface area contributed by atoms with Gasteiger partial charge in [0, 0.05) is 21.5 Å². The lowest BCUT2D eigenvalue weighted by atomic mass is 10.0. The lowest BCUT2D eigenvalue weighted by Crippen LogP contribution is -2.01. The smallest absolute Gasteiger partial charge is 0.307 e. The lowest BCUT2D eigenvalue weighted by molar-refractivity contribution is -0.136. The van der Waals surface area contributed by atoms with Gasteiger partial charge in [0.05, 0.1) is 17.1 Å². The summed E-state index contributed by atoms with van der Waals surface area (Å²) in [4.78, 5) is 14.3. The molecule has 0 saturated heterocycles. The van der Waals surface area contributed by atoms with Crippen LogP contribution in [0.2, 0.25) is 10.0 Å². The van der Waals surface area contributed by atoms with Crippen LogP contribution < -0.4 is 0 Å². The number of rotatable bonds is 3. The van der Waals surface area contributed by atoms with Gasteiger partial charge in [0.15, 0.2) is 0 Å². The second-order valence-electron chi connectivity index (χ2n) is 4.86. The summed E-state index contributed by atoms with van der Waals surface area (Å²) in [6.07, 6.45) is -0.238. The van der Waals surface area contributed by atoms with Crippen LogP contribution in [0.15, 0.2) is 36.4 Å². The summed E-state index contributed by atoms with van der Waals surface area (Å²) in [7, 11) is 0. The third-order valence-electron chi connectivity index (χ3n) is 3.40. The van der Waals surface area contributed by atoms with E-state index in [9.17, 15) is 9.18 Å². The van der Waals surface area contributed by atoms with E-state index in [4.69, 9.17) is 28.3 Å². The Labute approximate surface area is 135 Å². The molecular formula is C16H10Cl2FNO2. The molecule has 0 unspecified atom stereocenters. The van der Waals surface area contributed by atoms with Crippen molar-refractivity contribution < 1.29 is 14.3 Å². The van der Waals surface area contributed by atoms with Gasteiger partial charge in [-0.05, 0) is 42.0 Å². The summed E-state index contributed by atoms with van der Waals surface area (Å²) in [5.74, 6) is -1.43. The molecule has 3 aromatic rings. The fourth-order valence-electron chi connectivity index (χ4n) is 2.48. The van der Waals surface area contributed by atoms with Gasteiger partial charge in [-0.2, -0.15) is 0 Å². The summed E-state index contributed by atoms with van der Waals surface area (Å²) < 4.78 is 13.5. The SMILES string of the molecule is O=C(O)Cc1c(-c2ccc(Cl)cc2Cl)[nH]c2ccc(F)cc12. The molecule has 0 amide bonds. The van der Waals surface area contributed by atoms with Crippen LogP contribution in [0.1, 0.15) is 5.56 Å². The average molecular weight is 338 g/mol. The number of nitrogens with one attached hydrogen (secondary N) is 1. The highest BCUT2D eigenvalue weighted by atomic mass is 35.5. The number of aliphatic carboxylic acids is 1. The van der Waals surface area contributed by atoms with Crippen molar-refractivity contribution in [3.63, 3.8) is 0 Å². The van der Waals surface area contributed by atoms with Crippen LogP contribution >= 0.6 is 23.2 Å². The highest BCUT2D eigenvalue weighted by molar-refractivity contribution is 6.36. The highest BCUT2D eigenvalue weighted by Crippen LogP contribution is 2.36. The van der Waals surface area contributed by atoms with Crippen molar-refractivity contribution >= 4 is 40.1 Å². The molecule has 0 spiro atoms. The van der Waals surface area contributed by atoms with E-state index < -0.39 is 11.8 Å². The molecule has 0 bridgehead atoms. The maximum atomic E-state index is 13.5. The normalized spacial score (nSPS) is 11.0. The number of hydrogen-bond acceptors (Lipinski definition) is 1. The Morgan fingerprint density at radius 1 is 1.18 bits per heavy atom. The Morgan fingerprint density at radius 2 is 1.95 bits per heavy atom. The molecule has 0 radical (unpaired) electrons. The molecule has 0 atom stereocenters. The number of benzene rings is 2. The van der Waals surface area contributed by atoms with E-state index in [1.807, 2.05) is 0 Å². The largest absolute Gasteiger partial charge is 0.481 e. The molecule has 3 nitrogen and oxygen atoms in total. The minimum Gasteiger partial charge on any atom is -0.481 e. The van der Waals surface area contributed by atoms with Crippen molar-refractivity contribution in [2.75, 3.05) is 0 Å². The van der Waals surface area contributed by atoms with Crippen LogP contribution in [-0.2, 0) is 11.2 Å². The summed E-state index contributed by atoms with van der Waals surface area (Å²) in [6.45, 7) is 0. The first-order chi connectivity index (χ1) is 10.5. The van der Waals surface area contributed by atoms with Gasteiger partial charge in [-0.15, -0.1) is 0 Å². The number of carboxylic acid groups (broad SMARTS) is 1. The molecule has 3 rings (SSSR count). The fraction of sp³-hybridized carbons (Fsp3) is 0.0625. The highest BCUT2D eigenvalue weighted by Gasteiger charge is 2.18. The van der Waals surface area contributed by atoms with Crippen molar-refractivity contribution in [2.24, 2.45) is 0 Å². The van der Waals surface area contributed by atoms with E-state index in [0.717, 1.165) is 0 Å². The van der Waals surface area contributed by atoms with Gasteiger partial charge < -0.3 is 10.1 Å². The van der Waals surface area contributed by atoms with Crippen LogP contribution in [0.4, 0.5) is 4.39 Å². The molecule has 6 heteroatoms. The van der Waals surface area contributed by atoms with Gasteiger partial charge in [-0.1, -0.05) is 23.2 Å². The molecule has 2 N–H and O–H groups in total. The fourth-order valence-corrected chi connectivity index (χ4v) is 2.98. The zero-order valence-corrected chi connectivity index (χ0v) is 12.7. The average Bonchev–Trinajstić information content (AvgIpc) is 2.76. The molecule has 1 aromatic heterocycles. The van der Waals surface area contributed by atoms with E-state index in [0.29, 0.717) is 37.8 Å². The third-order valence-corrected chi connectivity index (χ3v) is 3.94. The monoisotopic (exact) mass is 337 g/mol. The molecular weight excluding hydrogens is 328 g/mol. The number of hydrogen-bond donors (Lipinski definition) is 2. The van der Waals surface area contributed by atoms with Crippen molar-refractivity contribution in [3.05, 3.63) is 57.8 Å². The molecule has 0 aliphatic rings. The molecule has 22 heavy (non-hydrogen) atoms. The minimum atomic E-state index is -1.00. The molecule has 0 aliphatic carbocycles. The molecule has 0 saturated carbocycles. The zero-order chi connectivity index (χ0) is 15.9. The number of halogens is 3. The van der Waals surface area contributed by atoms with E-state index in [-0.39, 0.29) is 6.42 Å². The lowest BCUT2D eigenvalue weighted by Gasteiger charge is -2.06. The maximum Gasteiger partial charge on any atom is 0.307 e. The quantitative estimate of drug-likeness (QED) is 0.713. The Hall–Kier alpha value is -2.04. The predicted molar refractivity (Wildman–Crippen MR) is 85.1 cm³/mol. The Bertz CT molecular complexity index is 889. The first kappa shape index (κ1) is 14.9. The van der Waals surface area contributed by atoms with E-state index in [1.165, 1.54) is 12.1 Å². The van der Waals surface area contributed by atoms with E-state index in [1.54, 1.807) is 24.3 Å². The van der Waals surface area contributed by atoms with Crippen LogP contribution in [0, 0.1) is 5.82 Å². The standard InChI is InChI=1S/C16H10Cl2FNO2/c17-8-1-3-10(13(18)5-8)16-12(7-15(21)22)11-6-9(19)2-4-14(11)20-16/h1-6,20H,7H2,(H,21,22). The van der Waals surface area contributed by atoms with Gasteiger partial charge in [0.2, 0.25) is 0 Å². The van der Waals surface area contributed by atoms with Gasteiger partial charge in [-0.25, -0.2) is 4.39 Å². The number of H-pyrrole nitrogens is 1. The van der Waals surface area contributed by atoms with Crippen LogP contribution in [0.25, 0.3) is 22.2 Å². The summed E-state index contributed by atoms with van der Waals surface area (Å²) in [5, 5.41) is 10.5. The number of carboxylic acids is 1. The topological polar surface area (TPSA) is 53.1 Å². The molecule has 0 fully saturated rings. The van der Waals surface area contributed by atoms with Crippen molar-refractivity contribution in [3.8, 4) is 11.3 Å². The summed E-state index contributed by atoms with van der Waals surface area (Å²) in [5.41, 5.74) is 2.33. The molecule has 2 aromatic carbocycles. The van der Waals surface area contributed by atoms with Crippen LogP contribution in [0.5, 0.6) is 0 Å². The van der Waals surface area contributed by atoms with Crippen molar-refractivity contribution in [2.45, 2.75) is 6.42 Å². The Balaban J connectivity index is 2.30. The maximum absolute atomic E-state index is 13.5. The number of aromatic amines is 1. The Kier molecular flexibility index (Phi) is 3.81. The second-order valence-corrected chi connectivity index (χ2v) is 5.71. The van der Waals surface area contributed by atoms with Gasteiger partial charge >= 0.3 is 5.97 Å². The summed E-state index contributed by atoms with van der Waals surface area (Å²) >= 11 is 12.1. The predicted octanol–water partition coefficient (Wildman–Crippen LogP) is 4.91.